The third-order valence-electron chi connectivity index (χ3n) is 3.06. The van der Waals surface area contributed by atoms with E-state index in [4.69, 9.17) is 4.74 Å². The number of hydrogen-bond donors (Lipinski definition) is 1. The molecule has 0 aromatic heterocycles. The number of benzene rings is 1. The Morgan fingerprint density at radius 2 is 1.94 bits per heavy atom. The molecule has 0 fully saturated rings. The predicted molar refractivity (Wildman–Crippen MR) is 73.8 cm³/mol. The van der Waals surface area contributed by atoms with Crippen molar-refractivity contribution in [3.8, 4) is 5.75 Å². The average Bonchev–Trinajstić information content (AvgIpc) is 2.29. The second-order valence-corrected chi connectivity index (χ2v) is 4.91. The van der Waals surface area contributed by atoms with E-state index in [1.165, 1.54) is 11.1 Å². The van der Waals surface area contributed by atoms with E-state index in [0.29, 0.717) is 6.04 Å². The first-order valence-corrected chi connectivity index (χ1v) is 6.50. The molecule has 96 valence electrons. The van der Waals surface area contributed by atoms with Crippen molar-refractivity contribution >= 4 is 0 Å². The van der Waals surface area contributed by atoms with Crippen molar-refractivity contribution < 1.29 is 4.74 Å². The lowest BCUT2D eigenvalue weighted by Crippen LogP contribution is -2.35. The Labute approximate surface area is 105 Å². The Balaban J connectivity index is 2.64. The summed E-state index contributed by atoms with van der Waals surface area (Å²) in [6.07, 6.45) is 1.27. The maximum atomic E-state index is 6.06. The zero-order valence-corrected chi connectivity index (χ0v) is 11.7. The quantitative estimate of drug-likeness (QED) is 0.815. The summed E-state index contributed by atoms with van der Waals surface area (Å²) in [5.41, 5.74) is 2.53. The summed E-state index contributed by atoms with van der Waals surface area (Å²) in [5, 5.41) is 3.43. The largest absolute Gasteiger partial charge is 0.489 e. The summed E-state index contributed by atoms with van der Waals surface area (Å²) in [4.78, 5) is 0. The van der Waals surface area contributed by atoms with E-state index in [1.54, 1.807) is 0 Å². The third kappa shape index (κ3) is 4.39. The number of rotatable bonds is 6. The molecule has 0 aliphatic heterocycles. The highest BCUT2D eigenvalue weighted by Gasteiger charge is 2.10. The molecule has 0 bridgehead atoms. The van der Waals surface area contributed by atoms with Crippen LogP contribution in [0.25, 0.3) is 0 Å². The van der Waals surface area contributed by atoms with E-state index < -0.39 is 0 Å². The minimum Gasteiger partial charge on any atom is -0.489 e. The van der Waals surface area contributed by atoms with Gasteiger partial charge in [0.05, 0.1) is 0 Å². The molecule has 0 saturated carbocycles. The summed E-state index contributed by atoms with van der Waals surface area (Å²) < 4.78 is 6.06. The lowest BCUT2D eigenvalue weighted by Gasteiger charge is -2.21. The average molecular weight is 235 g/mol. The Morgan fingerprint density at radius 1 is 1.24 bits per heavy atom. The minimum atomic E-state index is 0.248. The molecule has 1 aromatic rings. The highest BCUT2D eigenvalue weighted by Crippen LogP contribution is 2.22. The zero-order chi connectivity index (χ0) is 12.8. The van der Waals surface area contributed by atoms with E-state index in [1.807, 2.05) is 0 Å². The Kier molecular flexibility index (Phi) is 5.49. The predicted octanol–water partition coefficient (Wildman–Crippen LogP) is 3.46. The standard InChI is InChI=1S/C15H25NO/c1-6-14(10-16-11(2)3)17-15-9-7-8-12(4)13(15)5/h7-9,11,14,16H,6,10H2,1-5H3. The Hall–Kier alpha value is -1.02. The smallest absolute Gasteiger partial charge is 0.122 e. The van der Waals surface area contributed by atoms with Crippen molar-refractivity contribution in [2.24, 2.45) is 0 Å². The van der Waals surface area contributed by atoms with Crippen LogP contribution < -0.4 is 10.1 Å². The zero-order valence-electron chi connectivity index (χ0n) is 11.7. The van der Waals surface area contributed by atoms with Gasteiger partial charge < -0.3 is 10.1 Å². The van der Waals surface area contributed by atoms with Gasteiger partial charge in [-0.25, -0.2) is 0 Å². The molecular weight excluding hydrogens is 210 g/mol. The third-order valence-corrected chi connectivity index (χ3v) is 3.06. The maximum Gasteiger partial charge on any atom is 0.122 e. The van der Waals surface area contributed by atoms with Crippen LogP contribution in [-0.4, -0.2) is 18.7 Å². The second kappa shape index (κ2) is 6.65. The van der Waals surface area contributed by atoms with Crippen LogP contribution in [0.4, 0.5) is 0 Å². The molecule has 1 atom stereocenters. The van der Waals surface area contributed by atoms with Gasteiger partial charge in [0, 0.05) is 12.6 Å². The van der Waals surface area contributed by atoms with Gasteiger partial charge in [0.25, 0.3) is 0 Å². The molecule has 17 heavy (non-hydrogen) atoms. The molecule has 0 amide bonds. The fourth-order valence-corrected chi connectivity index (χ4v) is 1.67. The van der Waals surface area contributed by atoms with Gasteiger partial charge in [-0.1, -0.05) is 32.9 Å². The highest BCUT2D eigenvalue weighted by atomic mass is 16.5. The van der Waals surface area contributed by atoms with Crippen LogP contribution in [0.15, 0.2) is 18.2 Å². The SMILES string of the molecule is CCC(CNC(C)C)Oc1cccc(C)c1C. The van der Waals surface area contributed by atoms with Crippen LogP contribution in [0.5, 0.6) is 5.75 Å². The lowest BCUT2D eigenvalue weighted by atomic mass is 10.1. The van der Waals surface area contributed by atoms with E-state index in [-0.39, 0.29) is 6.10 Å². The summed E-state index contributed by atoms with van der Waals surface area (Å²) in [5.74, 6) is 1.02. The van der Waals surface area contributed by atoms with Crippen LogP contribution in [0.3, 0.4) is 0 Å². The van der Waals surface area contributed by atoms with Gasteiger partial charge in [-0.2, -0.15) is 0 Å². The summed E-state index contributed by atoms with van der Waals surface area (Å²) in [6.45, 7) is 11.6. The molecule has 0 aliphatic rings. The normalized spacial score (nSPS) is 12.8. The molecule has 0 saturated heterocycles. The number of aryl methyl sites for hydroxylation is 1. The summed E-state index contributed by atoms with van der Waals surface area (Å²) in [7, 11) is 0. The molecule has 1 aromatic carbocycles. The molecular formula is C15H25NO. The van der Waals surface area contributed by atoms with Crippen LogP contribution in [0.1, 0.15) is 38.3 Å². The van der Waals surface area contributed by atoms with E-state index in [9.17, 15) is 0 Å². The molecule has 0 spiro atoms. The fourth-order valence-electron chi connectivity index (χ4n) is 1.67. The lowest BCUT2D eigenvalue weighted by molar-refractivity contribution is 0.189. The van der Waals surface area contributed by atoms with Crippen molar-refractivity contribution in [2.75, 3.05) is 6.54 Å². The van der Waals surface area contributed by atoms with Crippen molar-refractivity contribution in [2.45, 2.75) is 53.2 Å². The van der Waals surface area contributed by atoms with E-state index in [0.717, 1.165) is 18.7 Å². The molecule has 2 nitrogen and oxygen atoms in total. The molecule has 1 N–H and O–H groups in total. The van der Waals surface area contributed by atoms with Gasteiger partial charge in [0.15, 0.2) is 0 Å². The van der Waals surface area contributed by atoms with Crippen molar-refractivity contribution in [3.05, 3.63) is 29.3 Å². The van der Waals surface area contributed by atoms with Gasteiger partial charge in [-0.3, -0.25) is 0 Å². The first kappa shape index (κ1) is 14.0. The minimum absolute atomic E-state index is 0.248. The highest BCUT2D eigenvalue weighted by molar-refractivity contribution is 5.38. The van der Waals surface area contributed by atoms with E-state index >= 15 is 0 Å². The number of nitrogens with one attached hydrogen (secondary N) is 1. The summed E-state index contributed by atoms with van der Waals surface area (Å²) in [6, 6.07) is 6.74. The Bertz CT molecular complexity index is 347. The van der Waals surface area contributed by atoms with Crippen LogP contribution >= 0.6 is 0 Å². The summed E-state index contributed by atoms with van der Waals surface area (Å²) >= 11 is 0. The molecule has 0 heterocycles. The van der Waals surface area contributed by atoms with Crippen molar-refractivity contribution in [1.82, 2.24) is 5.32 Å². The van der Waals surface area contributed by atoms with Gasteiger partial charge in [-0.15, -0.1) is 0 Å². The first-order chi connectivity index (χ1) is 8.04. The maximum absolute atomic E-state index is 6.06. The molecule has 1 rings (SSSR count). The fraction of sp³-hybridized carbons (Fsp3) is 0.600. The van der Waals surface area contributed by atoms with Crippen LogP contribution in [-0.2, 0) is 0 Å². The monoisotopic (exact) mass is 235 g/mol. The molecule has 2 heteroatoms. The van der Waals surface area contributed by atoms with Gasteiger partial charge in [-0.05, 0) is 37.5 Å². The second-order valence-electron chi connectivity index (χ2n) is 4.91. The molecule has 1 unspecified atom stereocenters. The van der Waals surface area contributed by atoms with E-state index in [2.05, 4.69) is 58.1 Å². The van der Waals surface area contributed by atoms with Gasteiger partial charge in [0.1, 0.15) is 11.9 Å². The number of hydrogen-bond acceptors (Lipinski definition) is 2. The molecule has 0 aliphatic carbocycles. The van der Waals surface area contributed by atoms with Crippen molar-refractivity contribution in [1.29, 1.82) is 0 Å². The van der Waals surface area contributed by atoms with Crippen LogP contribution in [0, 0.1) is 13.8 Å². The first-order valence-electron chi connectivity index (χ1n) is 6.50. The molecule has 0 radical (unpaired) electrons. The van der Waals surface area contributed by atoms with Crippen LogP contribution in [0.2, 0.25) is 0 Å². The number of ether oxygens (including phenoxy) is 1. The Morgan fingerprint density at radius 3 is 2.53 bits per heavy atom. The van der Waals surface area contributed by atoms with Crippen molar-refractivity contribution in [3.63, 3.8) is 0 Å². The van der Waals surface area contributed by atoms with Gasteiger partial charge >= 0.3 is 0 Å². The van der Waals surface area contributed by atoms with Gasteiger partial charge in [0.2, 0.25) is 0 Å². The topological polar surface area (TPSA) is 21.3 Å².